The summed E-state index contributed by atoms with van der Waals surface area (Å²) in [5.41, 5.74) is 6.89. The Kier molecular flexibility index (Phi) is 3.57. The zero-order valence-electron chi connectivity index (χ0n) is 11.8. The van der Waals surface area contributed by atoms with Crippen LogP contribution in [0.1, 0.15) is 32.2 Å². The molecule has 5 heteroatoms. The largest absolute Gasteiger partial charge is 0.384 e. The van der Waals surface area contributed by atoms with Gasteiger partial charge >= 0.3 is 0 Å². The number of hydrogen-bond donors (Lipinski definition) is 2. The quantitative estimate of drug-likeness (QED) is 0.873. The maximum absolute atomic E-state index is 9.09. The first kappa shape index (κ1) is 13.8. The van der Waals surface area contributed by atoms with Gasteiger partial charge in [-0.1, -0.05) is 32.9 Å². The molecule has 0 unspecified atom stereocenters. The van der Waals surface area contributed by atoms with E-state index in [1.807, 2.05) is 39.0 Å². The predicted molar refractivity (Wildman–Crippen MR) is 79.6 cm³/mol. The van der Waals surface area contributed by atoms with Crippen molar-refractivity contribution in [2.75, 3.05) is 11.1 Å². The van der Waals surface area contributed by atoms with E-state index in [1.54, 1.807) is 12.1 Å². The summed E-state index contributed by atoms with van der Waals surface area (Å²) in [6, 6.07) is 11.0. The summed E-state index contributed by atoms with van der Waals surface area (Å²) in [5, 5.41) is 12.2. The average molecular weight is 267 g/mol. The molecule has 1 aromatic heterocycles. The van der Waals surface area contributed by atoms with Gasteiger partial charge in [0.15, 0.2) is 0 Å². The lowest BCUT2D eigenvalue weighted by atomic mass is 9.96. The maximum Gasteiger partial charge on any atom is 0.138 e. The van der Waals surface area contributed by atoms with E-state index < -0.39 is 0 Å². The van der Waals surface area contributed by atoms with Crippen LogP contribution in [0.25, 0.3) is 0 Å². The molecule has 0 aliphatic heterocycles. The van der Waals surface area contributed by atoms with Crippen LogP contribution in [0.4, 0.5) is 17.3 Å². The smallest absolute Gasteiger partial charge is 0.138 e. The van der Waals surface area contributed by atoms with E-state index in [1.165, 1.54) is 0 Å². The standard InChI is InChI=1S/C15H17N5/c1-15(2,3)14-19-12(17)8-13(20-14)18-11-7-5-4-6-10(11)9-16/h4-8H,1-3H3,(H3,17,18,19,20). The van der Waals surface area contributed by atoms with Crippen molar-refractivity contribution in [2.24, 2.45) is 0 Å². The minimum Gasteiger partial charge on any atom is -0.384 e. The van der Waals surface area contributed by atoms with Crippen molar-refractivity contribution < 1.29 is 0 Å². The molecular formula is C15H17N5. The lowest BCUT2D eigenvalue weighted by molar-refractivity contribution is 0.547. The summed E-state index contributed by atoms with van der Waals surface area (Å²) in [7, 11) is 0. The van der Waals surface area contributed by atoms with Crippen LogP contribution >= 0.6 is 0 Å². The Balaban J connectivity index is 2.40. The highest BCUT2D eigenvalue weighted by Gasteiger charge is 2.18. The zero-order valence-corrected chi connectivity index (χ0v) is 11.8. The van der Waals surface area contributed by atoms with Crippen LogP contribution < -0.4 is 11.1 Å². The lowest BCUT2D eigenvalue weighted by Gasteiger charge is -2.18. The highest BCUT2D eigenvalue weighted by molar-refractivity contribution is 5.65. The molecule has 0 spiro atoms. The molecule has 5 nitrogen and oxygen atoms in total. The number of nitrogens with two attached hydrogens (primary N) is 1. The molecule has 20 heavy (non-hydrogen) atoms. The summed E-state index contributed by atoms with van der Waals surface area (Å²) >= 11 is 0. The first-order valence-electron chi connectivity index (χ1n) is 6.31. The molecule has 0 bridgehead atoms. The zero-order chi connectivity index (χ0) is 14.8. The third kappa shape index (κ3) is 3.04. The van der Waals surface area contributed by atoms with Gasteiger partial charge in [-0.2, -0.15) is 5.26 Å². The van der Waals surface area contributed by atoms with Gasteiger partial charge in [-0.3, -0.25) is 0 Å². The van der Waals surface area contributed by atoms with Crippen LogP contribution in [0.15, 0.2) is 30.3 Å². The second-order valence-corrected chi connectivity index (χ2v) is 5.53. The van der Waals surface area contributed by atoms with Crippen LogP contribution in [0.2, 0.25) is 0 Å². The van der Waals surface area contributed by atoms with Crippen LogP contribution in [0, 0.1) is 11.3 Å². The van der Waals surface area contributed by atoms with Crippen LogP contribution in [-0.2, 0) is 5.41 Å². The average Bonchev–Trinajstić information content (AvgIpc) is 2.37. The Labute approximate surface area is 118 Å². The summed E-state index contributed by atoms with van der Waals surface area (Å²) in [6.07, 6.45) is 0. The number of hydrogen-bond acceptors (Lipinski definition) is 5. The number of nitrogens with zero attached hydrogens (tertiary/aromatic N) is 3. The Morgan fingerprint density at radius 3 is 2.55 bits per heavy atom. The molecule has 0 saturated carbocycles. The van der Waals surface area contributed by atoms with Crippen LogP contribution in [-0.4, -0.2) is 9.97 Å². The number of nitriles is 1. The number of rotatable bonds is 2. The van der Waals surface area contributed by atoms with Crippen molar-refractivity contribution in [1.29, 1.82) is 5.26 Å². The molecule has 1 aromatic carbocycles. The Hall–Kier alpha value is -2.61. The number of aromatic nitrogens is 2. The van der Waals surface area contributed by atoms with Gasteiger partial charge in [-0.05, 0) is 12.1 Å². The first-order valence-corrected chi connectivity index (χ1v) is 6.31. The van der Waals surface area contributed by atoms with Gasteiger partial charge in [0.2, 0.25) is 0 Å². The van der Waals surface area contributed by atoms with Crippen molar-refractivity contribution in [1.82, 2.24) is 9.97 Å². The van der Waals surface area contributed by atoms with Crippen molar-refractivity contribution in [3.05, 3.63) is 41.7 Å². The van der Waals surface area contributed by atoms with Gasteiger partial charge in [0.1, 0.15) is 23.5 Å². The number of nitrogens with one attached hydrogen (secondary N) is 1. The highest BCUT2D eigenvalue weighted by atomic mass is 15.1. The second-order valence-electron chi connectivity index (χ2n) is 5.53. The monoisotopic (exact) mass is 267 g/mol. The van der Waals surface area contributed by atoms with Gasteiger partial charge in [0.05, 0.1) is 11.3 Å². The van der Waals surface area contributed by atoms with Crippen molar-refractivity contribution in [3.63, 3.8) is 0 Å². The van der Waals surface area contributed by atoms with E-state index in [9.17, 15) is 0 Å². The van der Waals surface area contributed by atoms with Crippen LogP contribution in [0.5, 0.6) is 0 Å². The van der Waals surface area contributed by atoms with Crippen LogP contribution in [0.3, 0.4) is 0 Å². The minimum absolute atomic E-state index is 0.194. The van der Waals surface area contributed by atoms with Crippen molar-refractivity contribution in [3.8, 4) is 6.07 Å². The fourth-order valence-electron chi connectivity index (χ4n) is 1.69. The van der Waals surface area contributed by atoms with E-state index in [0.717, 1.165) is 0 Å². The third-order valence-corrected chi connectivity index (χ3v) is 2.73. The van der Waals surface area contributed by atoms with E-state index in [4.69, 9.17) is 11.0 Å². The topological polar surface area (TPSA) is 87.6 Å². The number of anilines is 3. The molecule has 3 N–H and O–H groups in total. The van der Waals surface area contributed by atoms with Gasteiger partial charge in [-0.15, -0.1) is 0 Å². The molecule has 0 fully saturated rings. The number of benzene rings is 1. The molecule has 2 rings (SSSR count). The summed E-state index contributed by atoms with van der Waals surface area (Å²) < 4.78 is 0. The molecule has 102 valence electrons. The van der Waals surface area contributed by atoms with Crippen molar-refractivity contribution >= 4 is 17.3 Å². The summed E-state index contributed by atoms with van der Waals surface area (Å²) in [4.78, 5) is 8.71. The molecule has 1 heterocycles. The van der Waals surface area contributed by atoms with E-state index >= 15 is 0 Å². The van der Waals surface area contributed by atoms with Gasteiger partial charge in [-0.25, -0.2) is 9.97 Å². The molecule has 0 aliphatic rings. The van der Waals surface area contributed by atoms with E-state index in [2.05, 4.69) is 21.4 Å². The molecule has 0 aliphatic carbocycles. The Morgan fingerprint density at radius 1 is 1.20 bits per heavy atom. The molecule has 0 amide bonds. The fourth-order valence-corrected chi connectivity index (χ4v) is 1.69. The molecule has 2 aromatic rings. The second kappa shape index (κ2) is 5.17. The third-order valence-electron chi connectivity index (χ3n) is 2.73. The SMILES string of the molecule is CC(C)(C)c1nc(N)cc(Nc2ccccc2C#N)n1. The van der Waals surface area contributed by atoms with E-state index in [-0.39, 0.29) is 5.41 Å². The Morgan fingerprint density at radius 2 is 1.90 bits per heavy atom. The van der Waals surface area contributed by atoms with Gasteiger partial charge < -0.3 is 11.1 Å². The molecule has 0 atom stereocenters. The lowest BCUT2D eigenvalue weighted by Crippen LogP contribution is -2.17. The number of para-hydroxylation sites is 1. The summed E-state index contributed by atoms with van der Waals surface area (Å²) in [5.74, 6) is 1.65. The fraction of sp³-hybridized carbons (Fsp3) is 0.267. The van der Waals surface area contributed by atoms with Crippen molar-refractivity contribution in [2.45, 2.75) is 26.2 Å². The Bertz CT molecular complexity index is 665. The summed E-state index contributed by atoms with van der Waals surface area (Å²) in [6.45, 7) is 6.07. The molecular weight excluding hydrogens is 250 g/mol. The molecule has 0 radical (unpaired) electrons. The highest BCUT2D eigenvalue weighted by Crippen LogP contribution is 2.24. The minimum atomic E-state index is -0.194. The first-order chi connectivity index (χ1) is 9.40. The molecule has 0 saturated heterocycles. The number of nitrogen functional groups attached to an aromatic ring is 1. The predicted octanol–water partition coefficient (Wildman–Crippen LogP) is 2.97. The van der Waals surface area contributed by atoms with Gasteiger partial charge in [0, 0.05) is 11.5 Å². The maximum atomic E-state index is 9.09. The normalized spacial score (nSPS) is 10.9. The van der Waals surface area contributed by atoms with E-state index in [0.29, 0.717) is 28.7 Å². The van der Waals surface area contributed by atoms with Gasteiger partial charge in [0.25, 0.3) is 0 Å².